The molecule has 0 bridgehead atoms. The Morgan fingerprint density at radius 1 is 1.21 bits per heavy atom. The van der Waals surface area contributed by atoms with Crippen molar-refractivity contribution < 1.29 is 4.92 Å². The Bertz CT molecular complexity index is 1150. The van der Waals surface area contributed by atoms with Gasteiger partial charge in [-0.1, -0.05) is 24.3 Å². The Morgan fingerprint density at radius 2 is 2.10 bits per heavy atom. The fraction of sp³-hybridized carbons (Fsp3) is 0.238. The molecule has 0 aliphatic carbocycles. The summed E-state index contributed by atoms with van der Waals surface area (Å²) in [6.07, 6.45) is 2.20. The Hall–Kier alpha value is -3.10. The van der Waals surface area contributed by atoms with Gasteiger partial charge in [-0.05, 0) is 31.5 Å². The van der Waals surface area contributed by atoms with E-state index >= 15 is 0 Å². The quantitative estimate of drug-likeness (QED) is 0.376. The van der Waals surface area contributed by atoms with Crippen molar-refractivity contribution in [1.29, 1.82) is 0 Å². The second kappa shape index (κ2) is 7.38. The lowest BCUT2D eigenvalue weighted by Crippen LogP contribution is -2.23. The van der Waals surface area contributed by atoms with E-state index in [1.54, 1.807) is 12.1 Å². The van der Waals surface area contributed by atoms with Crippen LogP contribution in [-0.4, -0.2) is 31.3 Å². The number of thiazole rings is 1. The summed E-state index contributed by atoms with van der Waals surface area (Å²) in [5.74, 6) is 1.01. The number of H-pyrrole nitrogens is 1. The number of hydrogen-bond donors (Lipinski definition) is 1. The summed E-state index contributed by atoms with van der Waals surface area (Å²) in [5, 5.41) is 13.9. The summed E-state index contributed by atoms with van der Waals surface area (Å²) < 4.78 is 0. The van der Waals surface area contributed by atoms with Gasteiger partial charge in [0.1, 0.15) is 10.8 Å². The molecule has 1 fully saturated rings. The van der Waals surface area contributed by atoms with Crippen LogP contribution in [0.5, 0.6) is 0 Å². The topological polar surface area (TPSA) is 87.9 Å². The Labute approximate surface area is 171 Å². The monoisotopic (exact) mass is 405 g/mol. The molecule has 1 saturated heterocycles. The van der Waals surface area contributed by atoms with Crippen LogP contribution >= 0.6 is 11.3 Å². The number of non-ortho nitro benzene ring substituents is 1. The fourth-order valence-electron chi connectivity index (χ4n) is 3.93. The number of aromatic nitrogens is 3. The summed E-state index contributed by atoms with van der Waals surface area (Å²) in [4.78, 5) is 26.1. The van der Waals surface area contributed by atoms with Gasteiger partial charge >= 0.3 is 0 Å². The number of nitro benzene ring substituents is 1. The largest absolute Gasteiger partial charge is 0.341 e. The normalized spacial score (nSPS) is 17.2. The van der Waals surface area contributed by atoms with E-state index in [1.807, 2.05) is 29.6 Å². The van der Waals surface area contributed by atoms with Crippen molar-refractivity contribution in [3.8, 4) is 10.6 Å². The lowest BCUT2D eigenvalue weighted by molar-refractivity contribution is -0.384. The van der Waals surface area contributed by atoms with Crippen molar-refractivity contribution in [2.24, 2.45) is 0 Å². The van der Waals surface area contributed by atoms with E-state index < -0.39 is 0 Å². The molecule has 1 atom stereocenters. The molecule has 0 spiro atoms. The van der Waals surface area contributed by atoms with Crippen LogP contribution < -0.4 is 0 Å². The molecule has 2 aromatic heterocycles. The molecule has 0 radical (unpaired) electrons. The lowest BCUT2D eigenvalue weighted by atomic mass is 10.2. The molecule has 7 nitrogen and oxygen atoms in total. The zero-order chi connectivity index (χ0) is 19.8. The van der Waals surface area contributed by atoms with Crippen LogP contribution in [0.1, 0.15) is 30.4 Å². The van der Waals surface area contributed by atoms with Gasteiger partial charge in [-0.25, -0.2) is 9.97 Å². The highest BCUT2D eigenvalue weighted by Gasteiger charge is 2.29. The number of aromatic amines is 1. The van der Waals surface area contributed by atoms with Crippen molar-refractivity contribution in [1.82, 2.24) is 19.9 Å². The number of benzene rings is 2. The number of hydrogen-bond acceptors (Lipinski definition) is 6. The summed E-state index contributed by atoms with van der Waals surface area (Å²) in [7, 11) is 0. The molecule has 0 unspecified atom stereocenters. The molecule has 5 rings (SSSR count). The van der Waals surface area contributed by atoms with Gasteiger partial charge in [0.15, 0.2) is 0 Å². The third-order valence-electron chi connectivity index (χ3n) is 5.31. The summed E-state index contributed by atoms with van der Waals surface area (Å²) in [5.41, 5.74) is 3.92. The van der Waals surface area contributed by atoms with E-state index in [-0.39, 0.29) is 16.7 Å². The Balaban J connectivity index is 1.36. The van der Waals surface area contributed by atoms with E-state index in [2.05, 4.69) is 16.0 Å². The van der Waals surface area contributed by atoms with E-state index in [4.69, 9.17) is 9.97 Å². The molecule has 0 amide bonds. The SMILES string of the molecule is O=[N+]([O-])c1cccc(-c2nc(CN3CCC[C@@H]3c3nc4ccccc4[nH]3)cs2)c1. The first-order valence-corrected chi connectivity index (χ1v) is 10.4. The van der Waals surface area contributed by atoms with Crippen molar-refractivity contribution in [2.75, 3.05) is 6.54 Å². The van der Waals surface area contributed by atoms with Gasteiger partial charge in [0.25, 0.3) is 5.69 Å². The number of nitrogens with one attached hydrogen (secondary N) is 1. The third-order valence-corrected chi connectivity index (χ3v) is 6.25. The molecular weight excluding hydrogens is 386 g/mol. The molecular formula is C21H19N5O2S. The molecule has 1 aliphatic heterocycles. The lowest BCUT2D eigenvalue weighted by Gasteiger charge is -2.21. The summed E-state index contributed by atoms with van der Waals surface area (Å²) in [6, 6.07) is 15.0. The predicted octanol–water partition coefficient (Wildman–Crippen LogP) is 4.93. The van der Waals surface area contributed by atoms with Crippen LogP contribution in [0, 0.1) is 10.1 Å². The van der Waals surface area contributed by atoms with E-state index in [1.165, 1.54) is 17.4 Å². The minimum atomic E-state index is -0.375. The fourth-order valence-corrected chi connectivity index (χ4v) is 4.74. The van der Waals surface area contributed by atoms with Gasteiger partial charge in [-0.3, -0.25) is 15.0 Å². The highest BCUT2D eigenvalue weighted by Crippen LogP contribution is 2.34. The average molecular weight is 405 g/mol. The molecule has 29 heavy (non-hydrogen) atoms. The van der Waals surface area contributed by atoms with Gasteiger partial charge in [-0.15, -0.1) is 11.3 Å². The zero-order valence-electron chi connectivity index (χ0n) is 15.6. The van der Waals surface area contributed by atoms with Crippen LogP contribution in [0.4, 0.5) is 5.69 Å². The first-order valence-electron chi connectivity index (χ1n) is 9.55. The van der Waals surface area contributed by atoms with Crippen molar-refractivity contribution in [3.05, 3.63) is 75.5 Å². The third kappa shape index (κ3) is 3.52. The van der Waals surface area contributed by atoms with Crippen molar-refractivity contribution in [2.45, 2.75) is 25.4 Å². The summed E-state index contributed by atoms with van der Waals surface area (Å²) in [6.45, 7) is 1.75. The number of nitrogens with zero attached hydrogens (tertiary/aromatic N) is 4. The molecule has 2 aromatic carbocycles. The number of imidazole rings is 1. The Kier molecular flexibility index (Phi) is 4.57. The standard InChI is InChI=1S/C21H19N5O2S/c27-26(28)16-6-3-5-14(11-16)21-22-15(13-29-21)12-25-10-4-9-19(25)20-23-17-7-1-2-8-18(17)24-20/h1-3,5-8,11,13,19H,4,9-10,12H2,(H,23,24)/t19-/m1/s1. The van der Waals surface area contributed by atoms with Gasteiger partial charge < -0.3 is 4.98 Å². The second-order valence-corrected chi connectivity index (χ2v) is 8.08. The maximum absolute atomic E-state index is 11.0. The average Bonchev–Trinajstić information content (AvgIpc) is 3.47. The summed E-state index contributed by atoms with van der Waals surface area (Å²) >= 11 is 1.52. The van der Waals surface area contributed by atoms with Crippen molar-refractivity contribution >= 4 is 28.1 Å². The van der Waals surface area contributed by atoms with Crippen LogP contribution in [0.3, 0.4) is 0 Å². The van der Waals surface area contributed by atoms with Gasteiger partial charge in [0.2, 0.25) is 0 Å². The number of likely N-dealkylation sites (tertiary alicyclic amines) is 1. The first-order chi connectivity index (χ1) is 14.2. The molecule has 0 saturated carbocycles. The zero-order valence-corrected chi connectivity index (χ0v) is 16.4. The van der Waals surface area contributed by atoms with Gasteiger partial charge in [-0.2, -0.15) is 0 Å². The molecule has 1 N–H and O–H groups in total. The Morgan fingerprint density at radius 3 is 2.97 bits per heavy atom. The van der Waals surface area contributed by atoms with Crippen LogP contribution in [0.15, 0.2) is 53.9 Å². The molecule has 8 heteroatoms. The van der Waals surface area contributed by atoms with E-state index in [9.17, 15) is 10.1 Å². The highest BCUT2D eigenvalue weighted by molar-refractivity contribution is 7.13. The predicted molar refractivity (Wildman–Crippen MR) is 113 cm³/mol. The van der Waals surface area contributed by atoms with E-state index in [0.717, 1.165) is 59.1 Å². The van der Waals surface area contributed by atoms with Crippen LogP contribution in [0.2, 0.25) is 0 Å². The maximum atomic E-state index is 11.0. The number of rotatable bonds is 5. The molecule has 1 aliphatic rings. The number of fused-ring (bicyclic) bond motifs is 1. The van der Waals surface area contributed by atoms with Crippen molar-refractivity contribution in [3.63, 3.8) is 0 Å². The molecule has 146 valence electrons. The smallest absolute Gasteiger partial charge is 0.270 e. The number of nitro groups is 1. The highest BCUT2D eigenvalue weighted by atomic mass is 32.1. The maximum Gasteiger partial charge on any atom is 0.270 e. The van der Waals surface area contributed by atoms with E-state index in [0.29, 0.717) is 0 Å². The first kappa shape index (κ1) is 18.0. The van der Waals surface area contributed by atoms with Crippen LogP contribution in [-0.2, 0) is 6.54 Å². The number of para-hydroxylation sites is 2. The molecule has 4 aromatic rings. The van der Waals surface area contributed by atoms with Crippen LogP contribution in [0.25, 0.3) is 21.6 Å². The minimum Gasteiger partial charge on any atom is -0.341 e. The second-order valence-electron chi connectivity index (χ2n) is 7.22. The van der Waals surface area contributed by atoms with Gasteiger partial charge in [0, 0.05) is 29.6 Å². The minimum absolute atomic E-state index is 0.0868. The van der Waals surface area contributed by atoms with Gasteiger partial charge in [0.05, 0.1) is 27.7 Å². The molecule has 3 heterocycles.